The van der Waals surface area contributed by atoms with Crippen LogP contribution in [0.4, 0.5) is 0 Å². The smallest absolute Gasteiger partial charge is 0.111 e. The second kappa shape index (κ2) is 4.24. The summed E-state index contributed by atoms with van der Waals surface area (Å²) in [5, 5.41) is 0. The molecule has 74 valence electrons. The summed E-state index contributed by atoms with van der Waals surface area (Å²) in [6.07, 6.45) is 3.25. The van der Waals surface area contributed by atoms with Crippen LogP contribution in [0.3, 0.4) is 0 Å². The third-order valence-electron chi connectivity index (χ3n) is 2.55. The van der Waals surface area contributed by atoms with Crippen molar-refractivity contribution in [2.24, 2.45) is 10.8 Å². The highest BCUT2D eigenvalue weighted by atomic mass is 15.3. The summed E-state index contributed by atoms with van der Waals surface area (Å²) < 4.78 is 0. The molecule has 1 atom stereocenters. The van der Waals surface area contributed by atoms with Crippen molar-refractivity contribution >= 4 is 5.84 Å². The average molecular weight is 189 g/mol. The van der Waals surface area contributed by atoms with Gasteiger partial charge in [-0.3, -0.25) is 4.99 Å². The fraction of sp³-hybridized carbons (Fsp3) is 0.364. The summed E-state index contributed by atoms with van der Waals surface area (Å²) in [5.74, 6) is 6.28. The zero-order valence-electron chi connectivity index (χ0n) is 8.11. The topological polar surface area (TPSA) is 50.4 Å². The number of aliphatic imine (C=N–C) groups is 1. The monoisotopic (exact) mass is 189 g/mol. The lowest BCUT2D eigenvalue weighted by Gasteiger charge is -2.20. The molecule has 0 radical (unpaired) electrons. The number of nitrogens with two attached hydrogens (primary N) is 1. The molecule has 0 amide bonds. The van der Waals surface area contributed by atoms with Crippen molar-refractivity contribution in [1.82, 2.24) is 5.43 Å². The predicted octanol–water partition coefficient (Wildman–Crippen LogP) is 1.77. The van der Waals surface area contributed by atoms with Gasteiger partial charge in [-0.15, -0.1) is 0 Å². The molecule has 3 nitrogen and oxygen atoms in total. The number of benzene rings is 1. The van der Waals surface area contributed by atoms with E-state index in [2.05, 4.69) is 34.7 Å². The molecule has 14 heavy (non-hydrogen) atoms. The van der Waals surface area contributed by atoms with Crippen LogP contribution in [0.5, 0.6) is 0 Å². The Hall–Kier alpha value is -1.35. The molecule has 0 spiro atoms. The third-order valence-corrected chi connectivity index (χ3v) is 2.55. The molecule has 0 saturated carbocycles. The first-order valence-corrected chi connectivity index (χ1v) is 4.98. The molecule has 1 unspecified atom stereocenters. The minimum Gasteiger partial charge on any atom is -0.312 e. The predicted molar refractivity (Wildman–Crippen MR) is 57.8 cm³/mol. The third kappa shape index (κ3) is 1.93. The van der Waals surface area contributed by atoms with Crippen molar-refractivity contribution in [3.63, 3.8) is 0 Å². The average Bonchev–Trinajstić information content (AvgIpc) is 2.30. The minimum atomic E-state index is 0.288. The molecule has 0 saturated heterocycles. The van der Waals surface area contributed by atoms with Gasteiger partial charge >= 0.3 is 0 Å². The molecular formula is C11H15N3. The van der Waals surface area contributed by atoms with Crippen LogP contribution in [0, 0.1) is 0 Å². The van der Waals surface area contributed by atoms with E-state index in [0.29, 0.717) is 0 Å². The highest BCUT2D eigenvalue weighted by Crippen LogP contribution is 2.26. The minimum absolute atomic E-state index is 0.288. The van der Waals surface area contributed by atoms with Crippen LogP contribution >= 0.6 is 0 Å². The van der Waals surface area contributed by atoms with Gasteiger partial charge in [0.2, 0.25) is 0 Å². The molecule has 0 bridgehead atoms. The largest absolute Gasteiger partial charge is 0.312 e. The summed E-state index contributed by atoms with van der Waals surface area (Å²) in [7, 11) is 0. The molecule has 1 aliphatic heterocycles. The van der Waals surface area contributed by atoms with Crippen LogP contribution in [0.2, 0.25) is 0 Å². The maximum Gasteiger partial charge on any atom is 0.111 e. The van der Waals surface area contributed by atoms with Gasteiger partial charge in [0.25, 0.3) is 0 Å². The van der Waals surface area contributed by atoms with Crippen LogP contribution in [0.1, 0.15) is 30.9 Å². The van der Waals surface area contributed by atoms with Gasteiger partial charge in [-0.05, 0) is 18.4 Å². The van der Waals surface area contributed by atoms with E-state index in [1.807, 2.05) is 6.07 Å². The lowest BCUT2D eigenvalue weighted by molar-refractivity contribution is 0.585. The molecular weight excluding hydrogens is 174 g/mol. The molecule has 3 heteroatoms. The Morgan fingerprint density at radius 2 is 2.07 bits per heavy atom. The zero-order valence-corrected chi connectivity index (χ0v) is 8.11. The van der Waals surface area contributed by atoms with E-state index in [4.69, 9.17) is 5.84 Å². The van der Waals surface area contributed by atoms with Gasteiger partial charge < -0.3 is 5.43 Å². The Morgan fingerprint density at radius 1 is 1.29 bits per heavy atom. The second-order valence-corrected chi connectivity index (χ2v) is 3.54. The Labute approximate surface area is 84.0 Å². The highest BCUT2D eigenvalue weighted by Gasteiger charge is 2.15. The molecule has 0 fully saturated rings. The van der Waals surface area contributed by atoms with Crippen molar-refractivity contribution in [2.45, 2.75) is 25.3 Å². The van der Waals surface area contributed by atoms with Gasteiger partial charge in [0.1, 0.15) is 5.84 Å². The van der Waals surface area contributed by atoms with Crippen molar-refractivity contribution < 1.29 is 0 Å². The van der Waals surface area contributed by atoms with Gasteiger partial charge in [-0.1, -0.05) is 30.3 Å². The van der Waals surface area contributed by atoms with E-state index < -0.39 is 0 Å². The number of amidine groups is 1. The fourth-order valence-electron chi connectivity index (χ4n) is 1.81. The van der Waals surface area contributed by atoms with E-state index in [0.717, 1.165) is 25.1 Å². The Bertz CT molecular complexity index is 319. The van der Waals surface area contributed by atoms with Crippen molar-refractivity contribution in [3.05, 3.63) is 35.9 Å². The van der Waals surface area contributed by atoms with E-state index in [1.165, 1.54) is 5.56 Å². The van der Waals surface area contributed by atoms with E-state index in [1.54, 1.807) is 0 Å². The van der Waals surface area contributed by atoms with Crippen molar-refractivity contribution in [3.8, 4) is 0 Å². The molecule has 1 aromatic rings. The van der Waals surface area contributed by atoms with Crippen LogP contribution in [0.25, 0.3) is 0 Å². The highest BCUT2D eigenvalue weighted by molar-refractivity contribution is 5.82. The standard InChI is InChI=1S/C11H15N3/c12-14-11-8-4-7-10(13-11)9-5-2-1-3-6-9/h1-3,5-6,10H,4,7-8,12H2,(H,13,14). The summed E-state index contributed by atoms with van der Waals surface area (Å²) in [5.41, 5.74) is 3.93. The molecule has 0 aliphatic carbocycles. The number of hydrogen-bond donors (Lipinski definition) is 2. The maximum atomic E-state index is 5.36. The van der Waals surface area contributed by atoms with Crippen LogP contribution in [-0.4, -0.2) is 5.84 Å². The summed E-state index contributed by atoms with van der Waals surface area (Å²) in [4.78, 5) is 4.55. The van der Waals surface area contributed by atoms with E-state index in [9.17, 15) is 0 Å². The molecule has 3 N–H and O–H groups in total. The summed E-state index contributed by atoms with van der Waals surface area (Å²) in [6.45, 7) is 0. The quantitative estimate of drug-likeness (QED) is 0.522. The zero-order chi connectivity index (χ0) is 9.80. The van der Waals surface area contributed by atoms with Gasteiger partial charge in [0, 0.05) is 6.42 Å². The first-order chi connectivity index (χ1) is 6.90. The number of nitrogens with one attached hydrogen (secondary N) is 1. The maximum absolute atomic E-state index is 5.36. The number of hydrazine groups is 1. The lowest BCUT2D eigenvalue weighted by Crippen LogP contribution is -2.32. The normalized spacial score (nSPS) is 21.5. The first kappa shape index (κ1) is 9.21. The van der Waals surface area contributed by atoms with Gasteiger partial charge in [0.05, 0.1) is 6.04 Å². The van der Waals surface area contributed by atoms with E-state index >= 15 is 0 Å². The molecule has 1 heterocycles. The van der Waals surface area contributed by atoms with E-state index in [-0.39, 0.29) is 6.04 Å². The molecule has 1 aromatic carbocycles. The summed E-state index contributed by atoms with van der Waals surface area (Å²) in [6, 6.07) is 10.7. The fourth-order valence-corrected chi connectivity index (χ4v) is 1.81. The van der Waals surface area contributed by atoms with Crippen molar-refractivity contribution in [2.75, 3.05) is 0 Å². The lowest BCUT2D eigenvalue weighted by atomic mass is 9.99. The Morgan fingerprint density at radius 3 is 2.79 bits per heavy atom. The van der Waals surface area contributed by atoms with Gasteiger partial charge in [-0.2, -0.15) is 0 Å². The van der Waals surface area contributed by atoms with Crippen LogP contribution < -0.4 is 11.3 Å². The summed E-state index contributed by atoms with van der Waals surface area (Å²) >= 11 is 0. The SMILES string of the molecule is NNC1=NC(c2ccccc2)CCC1. The Kier molecular flexibility index (Phi) is 2.79. The second-order valence-electron chi connectivity index (χ2n) is 3.54. The van der Waals surface area contributed by atoms with Crippen molar-refractivity contribution in [1.29, 1.82) is 0 Å². The van der Waals surface area contributed by atoms with Crippen LogP contribution in [-0.2, 0) is 0 Å². The molecule has 2 rings (SSSR count). The first-order valence-electron chi connectivity index (χ1n) is 4.98. The van der Waals surface area contributed by atoms with Crippen LogP contribution in [0.15, 0.2) is 35.3 Å². The van der Waals surface area contributed by atoms with Gasteiger partial charge in [-0.25, -0.2) is 5.84 Å². The number of hydrogen-bond acceptors (Lipinski definition) is 3. The van der Waals surface area contributed by atoms with Gasteiger partial charge in [0.15, 0.2) is 0 Å². The Balaban J connectivity index is 2.19. The molecule has 0 aromatic heterocycles. The number of nitrogens with zero attached hydrogens (tertiary/aromatic N) is 1. The number of rotatable bonds is 1. The molecule has 1 aliphatic rings.